The average molecular weight is 268 g/mol. The van der Waals surface area contributed by atoms with E-state index in [9.17, 15) is 13.6 Å². The van der Waals surface area contributed by atoms with E-state index in [1.165, 1.54) is 0 Å². The van der Waals surface area contributed by atoms with E-state index in [1.54, 1.807) is 12.1 Å². The summed E-state index contributed by atoms with van der Waals surface area (Å²) in [5.41, 5.74) is 0.618. The number of nitrogens with one attached hydrogen (secondary N) is 1. The van der Waals surface area contributed by atoms with Gasteiger partial charge in [-0.3, -0.25) is 4.79 Å². The second-order valence-corrected chi connectivity index (χ2v) is 4.82. The minimum atomic E-state index is -2.51. The fourth-order valence-electron chi connectivity index (χ4n) is 2.12. The lowest BCUT2D eigenvalue weighted by Crippen LogP contribution is -2.43. The summed E-state index contributed by atoms with van der Waals surface area (Å²) in [6, 6.07) is 8.96. The van der Waals surface area contributed by atoms with Crippen LogP contribution in [0.3, 0.4) is 0 Å². The Morgan fingerprint density at radius 3 is 2.47 bits per heavy atom. The van der Waals surface area contributed by atoms with Gasteiger partial charge in [0, 0.05) is 44.6 Å². The van der Waals surface area contributed by atoms with Crippen molar-refractivity contribution in [3.8, 4) is 0 Å². The van der Waals surface area contributed by atoms with Gasteiger partial charge in [0.2, 0.25) is 0 Å². The predicted molar refractivity (Wildman–Crippen MR) is 69.4 cm³/mol. The number of nitrogens with zero attached hydrogens (tertiary/aromatic N) is 1. The number of benzene rings is 1. The van der Waals surface area contributed by atoms with Crippen molar-refractivity contribution in [3.63, 3.8) is 0 Å². The van der Waals surface area contributed by atoms with E-state index in [1.807, 2.05) is 23.1 Å². The van der Waals surface area contributed by atoms with Crippen LogP contribution < -0.4 is 5.32 Å². The quantitative estimate of drug-likeness (QED) is 0.907. The fraction of sp³-hybridized carbons (Fsp3) is 0.500. The number of carbonyl (C=O) groups excluding carboxylic acids is 1. The van der Waals surface area contributed by atoms with Gasteiger partial charge in [-0.1, -0.05) is 18.2 Å². The number of hydrogen-bond acceptors (Lipinski definition) is 2. The summed E-state index contributed by atoms with van der Waals surface area (Å²) in [5.74, 6) is -2.63. The molecule has 1 fully saturated rings. The molecular weight excluding hydrogens is 250 g/mol. The van der Waals surface area contributed by atoms with Crippen LogP contribution in [0.1, 0.15) is 23.2 Å². The maximum Gasteiger partial charge on any atom is 0.251 e. The van der Waals surface area contributed by atoms with Crippen LogP contribution in [0.15, 0.2) is 30.3 Å². The van der Waals surface area contributed by atoms with E-state index >= 15 is 0 Å². The molecule has 1 aromatic rings. The first-order valence-corrected chi connectivity index (χ1v) is 6.50. The Hall–Kier alpha value is -1.49. The van der Waals surface area contributed by atoms with Crippen molar-refractivity contribution in [2.75, 3.05) is 26.2 Å². The van der Waals surface area contributed by atoms with Gasteiger partial charge in [0.25, 0.3) is 11.8 Å². The van der Waals surface area contributed by atoms with Gasteiger partial charge in [0.05, 0.1) is 0 Å². The Labute approximate surface area is 111 Å². The molecule has 0 saturated carbocycles. The molecule has 1 aromatic carbocycles. The third-order valence-electron chi connectivity index (χ3n) is 3.34. The van der Waals surface area contributed by atoms with Crippen molar-refractivity contribution in [2.45, 2.75) is 18.8 Å². The highest BCUT2D eigenvalue weighted by atomic mass is 19.3. The molecule has 19 heavy (non-hydrogen) atoms. The SMILES string of the molecule is O=C(NCCN1CCC(F)(F)CC1)c1ccccc1. The van der Waals surface area contributed by atoms with Gasteiger partial charge in [0.15, 0.2) is 0 Å². The van der Waals surface area contributed by atoms with E-state index < -0.39 is 5.92 Å². The average Bonchev–Trinajstić information content (AvgIpc) is 2.41. The fourth-order valence-corrected chi connectivity index (χ4v) is 2.12. The van der Waals surface area contributed by atoms with Crippen LogP contribution in [0.25, 0.3) is 0 Å². The molecule has 3 nitrogen and oxygen atoms in total. The monoisotopic (exact) mass is 268 g/mol. The van der Waals surface area contributed by atoms with E-state index in [0.29, 0.717) is 31.7 Å². The molecule has 2 rings (SSSR count). The highest BCUT2D eigenvalue weighted by molar-refractivity contribution is 5.94. The number of piperidine rings is 1. The largest absolute Gasteiger partial charge is 0.351 e. The van der Waals surface area contributed by atoms with Gasteiger partial charge in [-0.25, -0.2) is 8.78 Å². The number of amides is 1. The van der Waals surface area contributed by atoms with E-state index in [-0.39, 0.29) is 18.7 Å². The Balaban J connectivity index is 1.69. The summed E-state index contributed by atoms with van der Waals surface area (Å²) in [7, 11) is 0. The van der Waals surface area contributed by atoms with Crippen molar-refractivity contribution >= 4 is 5.91 Å². The lowest BCUT2D eigenvalue weighted by molar-refractivity contribution is -0.0547. The third kappa shape index (κ3) is 4.28. The maximum atomic E-state index is 13.0. The predicted octanol–water partition coefficient (Wildman–Crippen LogP) is 2.15. The van der Waals surface area contributed by atoms with Crippen LogP contribution >= 0.6 is 0 Å². The number of carbonyl (C=O) groups is 1. The summed E-state index contributed by atoms with van der Waals surface area (Å²) in [6.07, 6.45) is -0.167. The minimum Gasteiger partial charge on any atom is -0.351 e. The standard InChI is InChI=1S/C14H18F2N2O/c15-14(16)6-9-18(10-7-14)11-8-17-13(19)12-4-2-1-3-5-12/h1-5H,6-11H2,(H,17,19). The van der Waals surface area contributed by atoms with Gasteiger partial charge in [-0.05, 0) is 12.1 Å². The van der Waals surface area contributed by atoms with Gasteiger partial charge in [-0.15, -0.1) is 0 Å². The molecule has 0 radical (unpaired) electrons. The number of halogens is 2. The zero-order valence-electron chi connectivity index (χ0n) is 10.7. The number of hydrogen-bond donors (Lipinski definition) is 1. The van der Waals surface area contributed by atoms with Gasteiger partial charge < -0.3 is 10.2 Å². The van der Waals surface area contributed by atoms with Gasteiger partial charge in [-0.2, -0.15) is 0 Å². The summed E-state index contributed by atoms with van der Waals surface area (Å²) in [6.45, 7) is 1.90. The number of rotatable bonds is 4. The number of likely N-dealkylation sites (tertiary alicyclic amines) is 1. The Morgan fingerprint density at radius 1 is 1.21 bits per heavy atom. The van der Waals surface area contributed by atoms with Crippen molar-refractivity contribution < 1.29 is 13.6 Å². The molecule has 1 saturated heterocycles. The van der Waals surface area contributed by atoms with E-state index in [4.69, 9.17) is 0 Å². The molecular formula is C14H18F2N2O. The first-order chi connectivity index (χ1) is 9.07. The summed E-state index contributed by atoms with van der Waals surface area (Å²) >= 11 is 0. The van der Waals surface area contributed by atoms with Crippen molar-refractivity contribution in [1.82, 2.24) is 10.2 Å². The minimum absolute atomic E-state index is 0.0837. The molecule has 0 bridgehead atoms. The van der Waals surface area contributed by atoms with Crippen LogP contribution in [0.5, 0.6) is 0 Å². The molecule has 5 heteroatoms. The molecule has 1 aliphatic rings. The Bertz CT molecular complexity index is 413. The van der Waals surface area contributed by atoms with E-state index in [2.05, 4.69) is 5.32 Å². The second-order valence-electron chi connectivity index (χ2n) is 4.82. The smallest absolute Gasteiger partial charge is 0.251 e. The van der Waals surface area contributed by atoms with Gasteiger partial charge in [0.1, 0.15) is 0 Å². The maximum absolute atomic E-state index is 13.0. The summed E-state index contributed by atoms with van der Waals surface area (Å²) in [5, 5.41) is 2.80. The Morgan fingerprint density at radius 2 is 1.84 bits per heavy atom. The molecule has 104 valence electrons. The van der Waals surface area contributed by atoms with Crippen molar-refractivity contribution in [2.24, 2.45) is 0 Å². The first kappa shape index (κ1) is 13.9. The molecule has 1 N–H and O–H groups in total. The normalized spacial score (nSPS) is 19.1. The highest BCUT2D eigenvalue weighted by Crippen LogP contribution is 2.27. The molecule has 1 heterocycles. The highest BCUT2D eigenvalue weighted by Gasteiger charge is 2.33. The summed E-state index contributed by atoms with van der Waals surface area (Å²) < 4.78 is 25.9. The molecule has 1 aliphatic heterocycles. The first-order valence-electron chi connectivity index (χ1n) is 6.50. The van der Waals surface area contributed by atoms with Crippen molar-refractivity contribution in [1.29, 1.82) is 0 Å². The molecule has 0 atom stereocenters. The molecule has 1 amide bonds. The lowest BCUT2D eigenvalue weighted by atomic mass is 10.1. The molecule has 0 aromatic heterocycles. The molecule has 0 unspecified atom stereocenters. The van der Waals surface area contributed by atoms with Crippen molar-refractivity contribution in [3.05, 3.63) is 35.9 Å². The van der Waals surface area contributed by atoms with Crippen LogP contribution in [0.4, 0.5) is 8.78 Å². The van der Waals surface area contributed by atoms with E-state index in [0.717, 1.165) is 0 Å². The lowest BCUT2D eigenvalue weighted by Gasteiger charge is -2.31. The van der Waals surface area contributed by atoms with Crippen LogP contribution in [-0.2, 0) is 0 Å². The number of alkyl halides is 2. The summed E-state index contributed by atoms with van der Waals surface area (Å²) in [4.78, 5) is 13.7. The van der Waals surface area contributed by atoms with Crippen LogP contribution in [-0.4, -0.2) is 42.9 Å². The molecule has 0 spiro atoms. The Kier molecular flexibility index (Phi) is 4.47. The topological polar surface area (TPSA) is 32.3 Å². The third-order valence-corrected chi connectivity index (χ3v) is 3.34. The molecule has 0 aliphatic carbocycles. The second kappa shape index (κ2) is 6.10. The van der Waals surface area contributed by atoms with Crippen LogP contribution in [0, 0.1) is 0 Å². The van der Waals surface area contributed by atoms with Crippen LogP contribution in [0.2, 0.25) is 0 Å². The zero-order valence-corrected chi connectivity index (χ0v) is 10.7. The zero-order chi connectivity index (χ0) is 13.7. The van der Waals surface area contributed by atoms with Gasteiger partial charge >= 0.3 is 0 Å².